The van der Waals surface area contributed by atoms with E-state index in [2.05, 4.69) is 72.5 Å². The normalized spacial score (nSPS) is 15.0. The molecule has 3 heterocycles. The minimum Gasteiger partial charge on any atom is -0.354 e. The molecular formula is C29H34N4O. The van der Waals surface area contributed by atoms with Crippen molar-refractivity contribution in [3.8, 4) is 11.3 Å². The van der Waals surface area contributed by atoms with Crippen LogP contribution in [0.4, 0.5) is 0 Å². The lowest BCUT2D eigenvalue weighted by Gasteiger charge is -2.32. The van der Waals surface area contributed by atoms with Gasteiger partial charge in [-0.2, -0.15) is 0 Å². The number of H-pyrrole nitrogens is 1. The molecule has 5 nitrogen and oxygen atoms in total. The number of likely N-dealkylation sites (N-methyl/N-ethyl adjacent to an activating group) is 1. The fourth-order valence-electron chi connectivity index (χ4n) is 5.56. The summed E-state index contributed by atoms with van der Waals surface area (Å²) in [5.74, 6) is 1.09. The predicted octanol–water partition coefficient (Wildman–Crippen LogP) is 5.74. The number of hydrogen-bond acceptors (Lipinski definition) is 3. The fourth-order valence-corrected chi connectivity index (χ4v) is 5.56. The molecule has 0 bridgehead atoms. The van der Waals surface area contributed by atoms with Crippen LogP contribution in [-0.4, -0.2) is 47.5 Å². The largest absolute Gasteiger partial charge is 0.354 e. The first-order valence-electron chi connectivity index (χ1n) is 12.4. The maximum Gasteiger partial charge on any atom is 0.236 e. The average molecular weight is 455 g/mol. The quantitative estimate of drug-likeness (QED) is 0.404. The second kappa shape index (κ2) is 9.22. The first-order valence-corrected chi connectivity index (χ1v) is 12.4. The Morgan fingerprint density at radius 1 is 1.18 bits per heavy atom. The summed E-state index contributed by atoms with van der Waals surface area (Å²) in [7, 11) is 1.83. The first-order chi connectivity index (χ1) is 16.5. The van der Waals surface area contributed by atoms with Gasteiger partial charge in [-0.25, -0.2) is 0 Å². The van der Waals surface area contributed by atoms with Gasteiger partial charge in [0, 0.05) is 41.3 Å². The molecule has 1 amide bonds. The van der Waals surface area contributed by atoms with Crippen molar-refractivity contribution in [1.29, 1.82) is 0 Å². The molecule has 0 aliphatic carbocycles. The Morgan fingerprint density at radius 2 is 1.97 bits per heavy atom. The summed E-state index contributed by atoms with van der Waals surface area (Å²) in [6.07, 6.45) is 3.90. The van der Waals surface area contributed by atoms with Crippen LogP contribution < -0.4 is 5.32 Å². The van der Waals surface area contributed by atoms with Crippen LogP contribution in [-0.2, 0) is 4.79 Å². The molecule has 4 aromatic rings. The predicted molar refractivity (Wildman–Crippen MR) is 140 cm³/mol. The van der Waals surface area contributed by atoms with Gasteiger partial charge >= 0.3 is 0 Å². The lowest BCUT2D eigenvalue weighted by molar-refractivity contribution is -0.131. The number of pyridine rings is 1. The van der Waals surface area contributed by atoms with E-state index in [0.717, 1.165) is 31.4 Å². The average Bonchev–Trinajstić information content (AvgIpc) is 3.23. The molecule has 1 saturated heterocycles. The Morgan fingerprint density at radius 3 is 2.71 bits per heavy atom. The van der Waals surface area contributed by atoms with Crippen molar-refractivity contribution in [3.05, 3.63) is 65.4 Å². The summed E-state index contributed by atoms with van der Waals surface area (Å²) in [4.78, 5) is 22.5. The Bertz CT molecular complexity index is 1350. The van der Waals surface area contributed by atoms with Crippen LogP contribution in [0, 0.1) is 6.92 Å². The summed E-state index contributed by atoms with van der Waals surface area (Å²) >= 11 is 0. The third kappa shape index (κ3) is 4.09. The number of carbonyl (C=O) groups is 1. The van der Waals surface area contributed by atoms with E-state index in [9.17, 15) is 4.79 Å². The van der Waals surface area contributed by atoms with Gasteiger partial charge in [-0.1, -0.05) is 26.0 Å². The number of nitrogens with one attached hydrogen (secondary N) is 2. The van der Waals surface area contributed by atoms with Gasteiger partial charge in [-0.05, 0) is 91.2 Å². The highest BCUT2D eigenvalue weighted by Gasteiger charge is 2.25. The number of likely N-dealkylation sites (tertiary alicyclic amines) is 1. The van der Waals surface area contributed by atoms with Gasteiger partial charge in [0.1, 0.15) is 0 Å². The Labute approximate surface area is 201 Å². The molecule has 2 aromatic carbocycles. The molecule has 1 aliphatic heterocycles. The van der Waals surface area contributed by atoms with Crippen molar-refractivity contribution in [2.45, 2.75) is 45.4 Å². The molecule has 176 valence electrons. The van der Waals surface area contributed by atoms with Gasteiger partial charge in [0.2, 0.25) is 5.91 Å². The Hall–Kier alpha value is -3.18. The first kappa shape index (κ1) is 22.6. The minimum absolute atomic E-state index is 0.203. The van der Waals surface area contributed by atoms with Crippen LogP contribution in [0.5, 0.6) is 0 Å². The molecule has 1 fully saturated rings. The van der Waals surface area contributed by atoms with Gasteiger partial charge < -0.3 is 15.2 Å². The van der Waals surface area contributed by atoms with Crippen LogP contribution in [0.25, 0.3) is 33.1 Å². The maximum atomic E-state index is 12.2. The number of hydrogen-bond donors (Lipinski definition) is 2. The van der Waals surface area contributed by atoms with Crippen molar-refractivity contribution in [2.75, 3.05) is 26.7 Å². The Kier molecular flexibility index (Phi) is 6.13. The highest BCUT2D eigenvalue weighted by molar-refractivity contribution is 5.94. The number of piperidine rings is 1. The number of aromatic amines is 1. The number of amides is 1. The van der Waals surface area contributed by atoms with Crippen LogP contribution >= 0.6 is 0 Å². The zero-order valence-electron chi connectivity index (χ0n) is 20.6. The minimum atomic E-state index is 0.203. The fraction of sp³-hybridized carbons (Fsp3) is 0.379. The van der Waals surface area contributed by atoms with Gasteiger partial charge in [0.05, 0.1) is 12.1 Å². The van der Waals surface area contributed by atoms with E-state index in [4.69, 9.17) is 0 Å². The zero-order chi connectivity index (χ0) is 23.8. The van der Waals surface area contributed by atoms with Gasteiger partial charge in [0.25, 0.3) is 0 Å². The van der Waals surface area contributed by atoms with Crippen molar-refractivity contribution in [2.24, 2.45) is 0 Å². The molecular weight excluding hydrogens is 420 g/mol. The lowest BCUT2D eigenvalue weighted by Crippen LogP contribution is -2.41. The Balaban J connectivity index is 1.51. The molecule has 5 rings (SSSR count). The van der Waals surface area contributed by atoms with Crippen molar-refractivity contribution in [3.63, 3.8) is 0 Å². The molecule has 0 saturated carbocycles. The van der Waals surface area contributed by atoms with E-state index in [-0.39, 0.29) is 5.91 Å². The molecule has 2 N–H and O–H groups in total. The second-order valence-corrected chi connectivity index (χ2v) is 9.93. The summed E-state index contributed by atoms with van der Waals surface area (Å²) < 4.78 is 0. The standard InChI is InChI=1S/C29H34N4O/c1-18(2)27-24-16-21(20-9-12-33(13-10-20)26(34)17-30-4)7-8-25(24)32-29(27)23-14-19(3)28-22(15-23)6-5-11-31-28/h5-8,11,14-16,18,20,30,32H,9-10,12-13,17H2,1-4H3. The molecule has 0 spiro atoms. The highest BCUT2D eigenvalue weighted by atomic mass is 16.2. The van der Waals surface area contributed by atoms with Crippen LogP contribution in [0.3, 0.4) is 0 Å². The summed E-state index contributed by atoms with van der Waals surface area (Å²) in [5, 5.41) is 5.47. The van der Waals surface area contributed by atoms with Gasteiger partial charge in [-0.3, -0.25) is 9.78 Å². The van der Waals surface area contributed by atoms with Gasteiger partial charge in [0.15, 0.2) is 0 Å². The van der Waals surface area contributed by atoms with Crippen LogP contribution in [0.2, 0.25) is 0 Å². The van der Waals surface area contributed by atoms with Crippen molar-refractivity contribution in [1.82, 2.24) is 20.2 Å². The zero-order valence-corrected chi connectivity index (χ0v) is 20.6. The summed E-state index contributed by atoms with van der Waals surface area (Å²) in [6, 6.07) is 15.6. The number of carbonyl (C=O) groups excluding carboxylic acids is 1. The number of rotatable bonds is 5. The third-order valence-corrected chi connectivity index (χ3v) is 7.27. The molecule has 2 aromatic heterocycles. The topological polar surface area (TPSA) is 61.0 Å². The SMILES string of the molecule is CNCC(=O)N1CCC(c2ccc3[nH]c(-c4cc(C)c5ncccc5c4)c(C(C)C)c3c2)CC1. The van der Waals surface area contributed by atoms with E-state index in [1.807, 2.05) is 24.2 Å². The van der Waals surface area contributed by atoms with Crippen molar-refractivity contribution < 1.29 is 4.79 Å². The molecule has 0 unspecified atom stereocenters. The third-order valence-electron chi connectivity index (χ3n) is 7.27. The number of fused-ring (bicyclic) bond motifs is 2. The smallest absolute Gasteiger partial charge is 0.236 e. The lowest BCUT2D eigenvalue weighted by atomic mass is 9.87. The summed E-state index contributed by atoms with van der Waals surface area (Å²) in [5.41, 5.74) is 8.64. The summed E-state index contributed by atoms with van der Waals surface area (Å²) in [6.45, 7) is 8.79. The van der Waals surface area contributed by atoms with Crippen molar-refractivity contribution >= 4 is 27.7 Å². The number of nitrogens with zero attached hydrogens (tertiary/aromatic N) is 2. The van der Waals surface area contributed by atoms with Gasteiger partial charge in [-0.15, -0.1) is 0 Å². The van der Waals surface area contributed by atoms with E-state index in [0.29, 0.717) is 18.4 Å². The number of aromatic nitrogens is 2. The number of aryl methyl sites for hydroxylation is 1. The highest BCUT2D eigenvalue weighted by Crippen LogP contribution is 2.39. The maximum absolute atomic E-state index is 12.2. The van der Waals surface area contributed by atoms with Crippen LogP contribution in [0.15, 0.2) is 48.7 Å². The number of benzene rings is 2. The van der Waals surface area contributed by atoms with E-state index < -0.39 is 0 Å². The molecule has 34 heavy (non-hydrogen) atoms. The van der Waals surface area contributed by atoms with Crippen LogP contribution in [0.1, 0.15) is 55.2 Å². The van der Waals surface area contributed by atoms with E-state index >= 15 is 0 Å². The van der Waals surface area contributed by atoms with E-state index in [1.54, 1.807) is 0 Å². The molecule has 1 aliphatic rings. The molecule has 5 heteroatoms. The molecule has 0 radical (unpaired) electrons. The van der Waals surface area contributed by atoms with E-state index in [1.165, 1.54) is 44.2 Å². The molecule has 0 atom stereocenters. The second-order valence-electron chi connectivity index (χ2n) is 9.93. The monoisotopic (exact) mass is 454 g/mol.